The fraction of sp³-hybridized carbons (Fsp3) is 0.0909. The summed E-state index contributed by atoms with van der Waals surface area (Å²) in [5, 5.41) is 3.32. The first kappa shape index (κ1) is 15.1. The monoisotopic (exact) mass is 372 g/mol. The molecule has 3 heterocycles. The number of hydrogen-bond donors (Lipinski definition) is 2. The van der Waals surface area contributed by atoms with Crippen LogP contribution in [0.15, 0.2) is 60.8 Å². The van der Waals surface area contributed by atoms with Crippen LogP contribution >= 0.6 is 0 Å². The summed E-state index contributed by atoms with van der Waals surface area (Å²) in [5.74, 6) is 0.218. The number of H-pyrrole nitrogens is 2. The molecule has 5 heteroatoms. The van der Waals surface area contributed by atoms with E-state index in [-0.39, 0.29) is 11.5 Å². The third-order valence-corrected chi connectivity index (χ3v) is 7.08. The molecule has 0 bridgehead atoms. The minimum Gasteiger partial charge on any atom is -0.361 e. The van der Waals surface area contributed by atoms with E-state index in [0.29, 0.717) is 0 Å². The van der Waals surface area contributed by atoms with Gasteiger partial charge in [0.1, 0.15) is 0 Å². The summed E-state index contributed by atoms with van der Waals surface area (Å²) in [6.45, 7) is 0. The van der Waals surface area contributed by atoms with Gasteiger partial charge in [0, 0.05) is 44.5 Å². The van der Waals surface area contributed by atoms with Gasteiger partial charge in [-0.15, -0.1) is 0 Å². The molecule has 0 aliphatic carbocycles. The minimum atomic E-state index is -3.11. The average Bonchev–Trinajstić information content (AvgIpc) is 3.32. The molecule has 27 heavy (non-hydrogen) atoms. The summed E-state index contributed by atoms with van der Waals surface area (Å²) in [6, 6.07) is 18.4. The Morgan fingerprint density at radius 2 is 1.56 bits per heavy atom. The smallest absolute Gasteiger partial charge is 0.158 e. The van der Waals surface area contributed by atoms with E-state index < -0.39 is 9.84 Å². The lowest BCUT2D eigenvalue weighted by atomic mass is 9.93. The fourth-order valence-electron chi connectivity index (χ4n) is 4.46. The Kier molecular flexibility index (Phi) is 2.80. The molecular weight excluding hydrogens is 356 g/mol. The van der Waals surface area contributed by atoms with Gasteiger partial charge in [0.25, 0.3) is 0 Å². The van der Waals surface area contributed by atoms with Gasteiger partial charge in [-0.2, -0.15) is 0 Å². The topological polar surface area (TPSA) is 65.7 Å². The zero-order valence-electron chi connectivity index (χ0n) is 14.4. The summed E-state index contributed by atoms with van der Waals surface area (Å²) >= 11 is 0. The van der Waals surface area contributed by atoms with Crippen molar-refractivity contribution in [1.29, 1.82) is 0 Å². The normalized spacial score (nSPS) is 15.7. The lowest BCUT2D eigenvalue weighted by Gasteiger charge is -2.09. The lowest BCUT2D eigenvalue weighted by molar-refractivity contribution is 0.598. The maximum absolute atomic E-state index is 12.4. The second kappa shape index (κ2) is 5.02. The van der Waals surface area contributed by atoms with Crippen molar-refractivity contribution in [3.05, 3.63) is 71.9 Å². The Labute approximate surface area is 155 Å². The van der Waals surface area contributed by atoms with Gasteiger partial charge in [-0.3, -0.25) is 0 Å². The third kappa shape index (κ3) is 2.06. The van der Waals surface area contributed by atoms with E-state index in [1.165, 1.54) is 0 Å². The Bertz CT molecular complexity index is 1490. The fourth-order valence-corrected chi connectivity index (χ4v) is 6.06. The second-order valence-electron chi connectivity index (χ2n) is 7.26. The zero-order valence-corrected chi connectivity index (χ0v) is 15.2. The first-order valence-electron chi connectivity index (χ1n) is 8.93. The Balaban J connectivity index is 1.82. The molecule has 2 N–H and O–H groups in total. The van der Waals surface area contributed by atoms with E-state index in [2.05, 4.69) is 34.2 Å². The summed E-state index contributed by atoms with van der Waals surface area (Å²) in [7, 11) is -3.11. The first-order chi connectivity index (χ1) is 13.1. The quantitative estimate of drug-likeness (QED) is 0.440. The molecule has 0 amide bonds. The summed E-state index contributed by atoms with van der Waals surface area (Å²) < 4.78 is 24.8. The van der Waals surface area contributed by atoms with E-state index in [1.54, 1.807) is 0 Å². The van der Waals surface area contributed by atoms with Crippen molar-refractivity contribution in [1.82, 2.24) is 9.97 Å². The summed E-state index contributed by atoms with van der Waals surface area (Å²) in [4.78, 5) is 6.88. The van der Waals surface area contributed by atoms with Crippen molar-refractivity contribution in [2.24, 2.45) is 0 Å². The van der Waals surface area contributed by atoms with Gasteiger partial charge in [-0.25, -0.2) is 8.42 Å². The van der Waals surface area contributed by atoms with Crippen molar-refractivity contribution >= 4 is 42.5 Å². The SMILES string of the molecule is O=S1(=O)Cc2cc3c([nH]c4ccccc43)c(-c3c[nH]c4ccccc34)c2C1. The van der Waals surface area contributed by atoms with E-state index in [1.807, 2.05) is 36.5 Å². The molecule has 4 nitrogen and oxygen atoms in total. The molecule has 6 rings (SSSR count). The number of hydrogen-bond acceptors (Lipinski definition) is 2. The molecule has 132 valence electrons. The van der Waals surface area contributed by atoms with Crippen molar-refractivity contribution in [2.45, 2.75) is 11.5 Å². The van der Waals surface area contributed by atoms with Gasteiger partial charge in [-0.05, 0) is 29.3 Å². The number of aromatic amines is 2. The van der Waals surface area contributed by atoms with Gasteiger partial charge in [0.05, 0.1) is 17.0 Å². The molecule has 2 aromatic heterocycles. The van der Waals surface area contributed by atoms with E-state index in [0.717, 1.165) is 55.0 Å². The molecule has 0 atom stereocenters. The Morgan fingerprint density at radius 1 is 0.815 bits per heavy atom. The molecule has 0 unspecified atom stereocenters. The Hall–Kier alpha value is -3.05. The number of aromatic nitrogens is 2. The molecule has 0 saturated heterocycles. The molecule has 0 radical (unpaired) electrons. The van der Waals surface area contributed by atoms with Crippen molar-refractivity contribution in [2.75, 3.05) is 0 Å². The number of fused-ring (bicyclic) bond motifs is 5. The van der Waals surface area contributed by atoms with Gasteiger partial charge in [-0.1, -0.05) is 36.4 Å². The third-order valence-electron chi connectivity index (χ3n) is 5.60. The molecule has 0 fully saturated rings. The van der Waals surface area contributed by atoms with Crippen molar-refractivity contribution in [3.63, 3.8) is 0 Å². The molecule has 5 aromatic rings. The number of sulfone groups is 1. The van der Waals surface area contributed by atoms with Gasteiger partial charge >= 0.3 is 0 Å². The highest BCUT2D eigenvalue weighted by atomic mass is 32.2. The molecule has 0 saturated carbocycles. The average molecular weight is 372 g/mol. The predicted molar refractivity (Wildman–Crippen MR) is 109 cm³/mol. The van der Waals surface area contributed by atoms with Gasteiger partial charge < -0.3 is 9.97 Å². The maximum Gasteiger partial charge on any atom is 0.158 e. The van der Waals surface area contributed by atoms with E-state index in [4.69, 9.17) is 0 Å². The number of nitrogens with one attached hydrogen (secondary N) is 2. The van der Waals surface area contributed by atoms with Gasteiger partial charge in [0.2, 0.25) is 0 Å². The Morgan fingerprint density at radius 3 is 2.41 bits per heavy atom. The van der Waals surface area contributed by atoms with Crippen LogP contribution in [0.5, 0.6) is 0 Å². The van der Waals surface area contributed by atoms with Crippen molar-refractivity contribution < 1.29 is 8.42 Å². The van der Waals surface area contributed by atoms with Crippen LogP contribution in [0.4, 0.5) is 0 Å². The standard InChI is InChI=1S/C22H16N2O2S/c25-27(26)11-13-9-16-14-5-2-4-8-20(14)24-22(16)21(18(13)12-27)17-10-23-19-7-3-1-6-15(17)19/h1-10,23-24H,11-12H2. The van der Waals surface area contributed by atoms with Crippen LogP contribution in [0, 0.1) is 0 Å². The second-order valence-corrected chi connectivity index (χ2v) is 9.33. The highest BCUT2D eigenvalue weighted by Crippen LogP contribution is 2.43. The number of para-hydroxylation sites is 2. The van der Waals surface area contributed by atoms with Crippen LogP contribution < -0.4 is 0 Å². The molecule has 1 aliphatic heterocycles. The van der Waals surface area contributed by atoms with Crippen LogP contribution in [0.25, 0.3) is 43.8 Å². The molecule has 3 aromatic carbocycles. The lowest BCUT2D eigenvalue weighted by Crippen LogP contribution is -1.96. The molecular formula is C22H16N2O2S. The summed E-state index contributed by atoms with van der Waals surface area (Å²) in [6.07, 6.45) is 2.00. The highest BCUT2D eigenvalue weighted by molar-refractivity contribution is 7.90. The van der Waals surface area contributed by atoms with E-state index >= 15 is 0 Å². The van der Waals surface area contributed by atoms with Crippen LogP contribution in [-0.4, -0.2) is 18.4 Å². The highest BCUT2D eigenvalue weighted by Gasteiger charge is 2.30. The predicted octanol–water partition coefficient (Wildman–Crippen LogP) is 4.90. The molecule has 1 aliphatic rings. The minimum absolute atomic E-state index is 0.0997. The maximum atomic E-state index is 12.4. The van der Waals surface area contributed by atoms with Crippen LogP contribution in [0.1, 0.15) is 11.1 Å². The van der Waals surface area contributed by atoms with Gasteiger partial charge in [0.15, 0.2) is 9.84 Å². The zero-order chi connectivity index (χ0) is 18.2. The molecule has 0 spiro atoms. The first-order valence-corrected chi connectivity index (χ1v) is 10.7. The number of rotatable bonds is 1. The number of benzene rings is 3. The van der Waals surface area contributed by atoms with Crippen LogP contribution in [0.3, 0.4) is 0 Å². The van der Waals surface area contributed by atoms with Crippen molar-refractivity contribution in [3.8, 4) is 11.1 Å². The summed E-state index contributed by atoms with van der Waals surface area (Å²) in [5.41, 5.74) is 7.05. The van der Waals surface area contributed by atoms with E-state index in [9.17, 15) is 8.42 Å². The van der Waals surface area contributed by atoms with Crippen LogP contribution in [-0.2, 0) is 21.3 Å². The van der Waals surface area contributed by atoms with Crippen LogP contribution in [0.2, 0.25) is 0 Å². The largest absolute Gasteiger partial charge is 0.361 e.